The highest BCUT2D eigenvalue weighted by atomic mass is 32.2. The summed E-state index contributed by atoms with van der Waals surface area (Å²) < 4.78 is 90.0. The molecule has 2 heterocycles. The van der Waals surface area contributed by atoms with Crippen molar-refractivity contribution in [3.63, 3.8) is 0 Å². The molecule has 2 aromatic rings. The molecule has 216 valence electrons. The van der Waals surface area contributed by atoms with E-state index in [0.717, 1.165) is 37.1 Å². The van der Waals surface area contributed by atoms with Crippen LogP contribution in [0, 0.1) is 0 Å². The molecule has 2 N–H and O–H groups in total. The van der Waals surface area contributed by atoms with Gasteiger partial charge in [-0.2, -0.15) is 26.3 Å². The van der Waals surface area contributed by atoms with Crippen LogP contribution in [-0.4, -0.2) is 55.6 Å². The number of hydrogen-bond acceptors (Lipinski definition) is 5. The van der Waals surface area contributed by atoms with Gasteiger partial charge in [-0.3, -0.25) is 9.59 Å². The van der Waals surface area contributed by atoms with Gasteiger partial charge in [0.15, 0.2) is 0 Å². The zero-order valence-corrected chi connectivity index (χ0v) is 22.0. The van der Waals surface area contributed by atoms with Gasteiger partial charge in [-0.05, 0) is 55.3 Å². The number of rotatable bonds is 6. The third kappa shape index (κ3) is 7.58. The molecule has 2 aromatic carbocycles. The number of nitrogens with one attached hydrogen (secondary N) is 2. The molecule has 2 aliphatic rings. The van der Waals surface area contributed by atoms with Gasteiger partial charge in [-0.25, -0.2) is 0 Å². The lowest BCUT2D eigenvalue weighted by Gasteiger charge is -2.25. The summed E-state index contributed by atoms with van der Waals surface area (Å²) in [6.07, 6.45) is -6.61. The third-order valence-electron chi connectivity index (χ3n) is 6.45. The topological polar surface area (TPSA) is 70.7 Å². The van der Waals surface area contributed by atoms with Gasteiger partial charge in [0.05, 0.1) is 30.4 Å². The largest absolute Gasteiger partial charge is 0.418 e. The fraction of sp³-hybridized carbons (Fsp3) is 0.407. The fourth-order valence-corrected chi connectivity index (χ4v) is 5.57. The van der Waals surface area contributed by atoms with E-state index in [9.17, 15) is 35.9 Å². The summed E-state index contributed by atoms with van der Waals surface area (Å²) >= 11 is 0.504. The molecule has 2 fully saturated rings. The fourth-order valence-electron chi connectivity index (χ4n) is 4.53. The molecule has 0 spiro atoms. The van der Waals surface area contributed by atoms with Crippen molar-refractivity contribution in [1.29, 1.82) is 0 Å². The van der Waals surface area contributed by atoms with Crippen molar-refractivity contribution in [2.75, 3.05) is 38.2 Å². The number of benzene rings is 2. The molecule has 2 saturated heterocycles. The smallest absolute Gasteiger partial charge is 0.378 e. The van der Waals surface area contributed by atoms with E-state index in [2.05, 4.69) is 10.6 Å². The van der Waals surface area contributed by atoms with Crippen LogP contribution in [0.15, 0.2) is 52.3 Å². The quantitative estimate of drug-likeness (QED) is 0.329. The van der Waals surface area contributed by atoms with Gasteiger partial charge in [-0.1, -0.05) is 30.3 Å². The van der Waals surface area contributed by atoms with Crippen molar-refractivity contribution in [2.45, 2.75) is 47.4 Å². The van der Waals surface area contributed by atoms with Crippen LogP contribution in [0.3, 0.4) is 0 Å². The van der Waals surface area contributed by atoms with Crippen molar-refractivity contribution in [2.24, 2.45) is 0 Å². The van der Waals surface area contributed by atoms with Crippen LogP contribution in [0.4, 0.5) is 32.0 Å². The predicted molar refractivity (Wildman–Crippen MR) is 138 cm³/mol. The normalized spacial score (nSPS) is 18.6. The number of anilines is 1. The van der Waals surface area contributed by atoms with Gasteiger partial charge in [0.2, 0.25) is 11.8 Å². The monoisotopic (exact) mass is 587 g/mol. The van der Waals surface area contributed by atoms with Gasteiger partial charge in [0, 0.05) is 34.6 Å². The first-order valence-corrected chi connectivity index (χ1v) is 13.4. The Kier molecular flexibility index (Phi) is 9.47. The number of alkyl halides is 6. The lowest BCUT2D eigenvalue weighted by atomic mass is 9.99. The highest BCUT2D eigenvalue weighted by Crippen LogP contribution is 2.48. The summed E-state index contributed by atoms with van der Waals surface area (Å²) in [5.41, 5.74) is -4.17. The highest BCUT2D eigenvalue weighted by molar-refractivity contribution is 7.99. The molecule has 1 unspecified atom stereocenters. The van der Waals surface area contributed by atoms with Gasteiger partial charge in [-0.15, -0.1) is 0 Å². The summed E-state index contributed by atoms with van der Waals surface area (Å²) in [6.45, 7) is 1.69. The van der Waals surface area contributed by atoms with Crippen molar-refractivity contribution in [3.8, 4) is 0 Å². The molecular formula is C27H27F6N3O3S. The maximum atomic E-state index is 14.2. The Labute approximate surface area is 231 Å². The summed E-state index contributed by atoms with van der Waals surface area (Å²) in [5, 5.41) is 5.81. The minimum atomic E-state index is -5.36. The summed E-state index contributed by atoms with van der Waals surface area (Å²) in [5.74, 6) is -0.911. The first-order chi connectivity index (χ1) is 18.9. The van der Waals surface area contributed by atoms with Crippen molar-refractivity contribution >= 4 is 35.3 Å². The molecule has 0 bridgehead atoms. The Balaban J connectivity index is 1.63. The SMILES string of the molecule is O=C(Nc1cccc(Sc2ccc(/C=C/C(=O)N3CCOCC3)c(C(F)(F)F)c2C(F)(F)F)c1)C1CCCCN1. The number of hydrogen-bond donors (Lipinski definition) is 2. The van der Waals surface area contributed by atoms with Crippen LogP contribution in [0.25, 0.3) is 6.08 Å². The highest BCUT2D eigenvalue weighted by Gasteiger charge is 2.46. The zero-order chi connectivity index (χ0) is 28.9. The first kappa shape index (κ1) is 29.9. The van der Waals surface area contributed by atoms with Crippen LogP contribution in [0.5, 0.6) is 0 Å². The van der Waals surface area contributed by atoms with E-state index in [4.69, 9.17) is 4.74 Å². The standard InChI is InChI=1S/C27H27F6N3O3S/c28-26(29,30)23-17(8-10-22(37)36-12-14-39-15-13-36)7-9-21(24(23)27(31,32)33)40-19-5-3-4-18(16-19)35-25(38)20-6-1-2-11-34-20/h3-5,7-10,16,20,34H,1-2,6,11-15H2,(H,35,38)/b10-8+. The molecule has 13 heteroatoms. The Morgan fingerprint density at radius 2 is 1.73 bits per heavy atom. The van der Waals surface area contributed by atoms with Crippen molar-refractivity contribution < 1.29 is 40.7 Å². The van der Waals surface area contributed by atoms with Crippen LogP contribution < -0.4 is 10.6 Å². The number of morpholine rings is 1. The Bertz CT molecular complexity index is 1250. The lowest BCUT2D eigenvalue weighted by Crippen LogP contribution is -2.43. The molecule has 0 radical (unpaired) electrons. The van der Waals surface area contributed by atoms with E-state index in [0.29, 0.717) is 30.4 Å². The number of carbonyl (C=O) groups is 2. The minimum absolute atomic E-state index is 0.207. The summed E-state index contributed by atoms with van der Waals surface area (Å²) in [4.78, 5) is 25.8. The molecule has 2 aliphatic heterocycles. The van der Waals surface area contributed by atoms with Crippen LogP contribution in [-0.2, 0) is 26.7 Å². The van der Waals surface area contributed by atoms with Gasteiger partial charge >= 0.3 is 12.4 Å². The maximum absolute atomic E-state index is 14.2. The van der Waals surface area contributed by atoms with Gasteiger partial charge in [0.25, 0.3) is 0 Å². The average Bonchev–Trinajstić information content (AvgIpc) is 2.92. The number of nitrogens with zero attached hydrogens (tertiary/aromatic N) is 1. The van der Waals surface area contributed by atoms with E-state index < -0.39 is 45.9 Å². The second kappa shape index (κ2) is 12.6. The van der Waals surface area contributed by atoms with E-state index in [1.807, 2.05) is 0 Å². The van der Waals surface area contributed by atoms with Crippen LogP contribution in [0.1, 0.15) is 36.0 Å². The van der Waals surface area contributed by atoms with E-state index >= 15 is 0 Å². The summed E-state index contributed by atoms with van der Waals surface area (Å²) in [7, 11) is 0. The maximum Gasteiger partial charge on any atom is 0.418 e. The zero-order valence-electron chi connectivity index (χ0n) is 21.2. The number of carbonyl (C=O) groups excluding carboxylic acids is 2. The molecule has 1 atom stereocenters. The Morgan fingerprint density at radius 3 is 2.38 bits per heavy atom. The molecule has 2 amide bonds. The number of ether oxygens (including phenoxy) is 1. The van der Waals surface area contributed by atoms with Crippen LogP contribution in [0.2, 0.25) is 0 Å². The number of piperidine rings is 1. The average molecular weight is 588 g/mol. The number of amides is 2. The molecular weight excluding hydrogens is 560 g/mol. The molecule has 0 saturated carbocycles. The van der Waals surface area contributed by atoms with Crippen molar-refractivity contribution in [1.82, 2.24) is 10.2 Å². The van der Waals surface area contributed by atoms with Gasteiger partial charge < -0.3 is 20.3 Å². The first-order valence-electron chi connectivity index (χ1n) is 12.6. The van der Waals surface area contributed by atoms with E-state index in [1.165, 1.54) is 23.1 Å². The molecule has 40 heavy (non-hydrogen) atoms. The predicted octanol–water partition coefficient (Wildman–Crippen LogP) is 5.83. The molecule has 0 aliphatic carbocycles. The van der Waals surface area contributed by atoms with E-state index in [1.54, 1.807) is 6.07 Å². The van der Waals surface area contributed by atoms with Crippen molar-refractivity contribution in [3.05, 3.63) is 59.2 Å². The molecule has 6 nitrogen and oxygen atoms in total. The molecule has 4 rings (SSSR count). The second-order valence-electron chi connectivity index (χ2n) is 9.29. The Morgan fingerprint density at radius 1 is 1.00 bits per heavy atom. The van der Waals surface area contributed by atoms with Gasteiger partial charge in [0.1, 0.15) is 0 Å². The summed E-state index contributed by atoms with van der Waals surface area (Å²) in [6, 6.07) is 7.39. The molecule has 0 aromatic heterocycles. The number of halogens is 6. The Hall–Kier alpha value is -3.03. The minimum Gasteiger partial charge on any atom is -0.378 e. The lowest BCUT2D eigenvalue weighted by molar-refractivity contribution is -0.163. The third-order valence-corrected chi connectivity index (χ3v) is 7.50. The van der Waals surface area contributed by atoms with E-state index in [-0.39, 0.29) is 37.1 Å². The van der Waals surface area contributed by atoms with Crippen LogP contribution >= 0.6 is 11.8 Å². The second-order valence-corrected chi connectivity index (χ2v) is 10.4.